The molecule has 0 radical (unpaired) electrons. The largest absolute Gasteiger partial charge is 0.291 e. The summed E-state index contributed by atoms with van der Waals surface area (Å²) < 4.78 is 0. The molecule has 202 valence electrons. The highest BCUT2D eigenvalue weighted by Gasteiger charge is 2.18. The van der Waals surface area contributed by atoms with E-state index in [4.69, 9.17) is 0 Å². The molecule has 0 aliphatic carbocycles. The van der Waals surface area contributed by atoms with Crippen molar-refractivity contribution in [3.05, 3.63) is 146 Å². The monoisotopic (exact) mass is 544 g/mol. The van der Waals surface area contributed by atoms with Crippen LogP contribution in [0.1, 0.15) is 0 Å². The number of fused-ring (bicyclic) bond motifs is 2. The van der Waals surface area contributed by atoms with Crippen LogP contribution in [0, 0.1) is 0 Å². The molecule has 4 N–H and O–H groups in total. The molecule has 7 rings (SSSR count). The highest BCUT2D eigenvalue weighted by atomic mass is 16.5. The molecule has 42 heavy (non-hydrogen) atoms. The maximum absolute atomic E-state index is 9.84. The zero-order valence-electron chi connectivity index (χ0n) is 22.8. The summed E-state index contributed by atoms with van der Waals surface area (Å²) in [4.78, 5) is 0. The molecular formula is C38H28N2O2. The molecule has 4 heteroatoms. The van der Waals surface area contributed by atoms with Crippen LogP contribution in [0.3, 0.4) is 0 Å². The van der Waals surface area contributed by atoms with Gasteiger partial charge in [0, 0.05) is 0 Å². The standard InChI is InChI=1S/C38H28N2O2/c41-39-31-20-22-34-35(23-31)37(29-15-11-27(12-16-29)25-7-3-1-4-8-25)33-21-19-32(40-42)24-36(33)38(34)30-17-13-28(14-18-30)26-9-5-2-6-10-26/h1-24,39-42H. The van der Waals surface area contributed by atoms with Gasteiger partial charge in [0.2, 0.25) is 0 Å². The first-order valence-electron chi connectivity index (χ1n) is 13.9. The van der Waals surface area contributed by atoms with Gasteiger partial charge in [-0.05, 0) is 90.3 Å². The first kappa shape index (κ1) is 25.5. The Hall–Kier alpha value is -5.42. The Morgan fingerprint density at radius 3 is 1.00 bits per heavy atom. The Morgan fingerprint density at radius 1 is 0.310 bits per heavy atom. The van der Waals surface area contributed by atoms with Crippen LogP contribution in [-0.4, -0.2) is 10.4 Å². The van der Waals surface area contributed by atoms with Crippen LogP contribution in [0.15, 0.2) is 146 Å². The number of rotatable bonds is 6. The van der Waals surface area contributed by atoms with Crippen LogP contribution in [0.25, 0.3) is 66.1 Å². The fraction of sp³-hybridized carbons (Fsp3) is 0. The lowest BCUT2D eigenvalue weighted by molar-refractivity contribution is 0.388. The van der Waals surface area contributed by atoms with E-state index in [0.29, 0.717) is 11.4 Å². The molecule has 0 aromatic heterocycles. The average Bonchev–Trinajstić information content (AvgIpc) is 3.07. The van der Waals surface area contributed by atoms with E-state index >= 15 is 0 Å². The van der Waals surface area contributed by atoms with Gasteiger partial charge in [0.1, 0.15) is 0 Å². The van der Waals surface area contributed by atoms with Crippen LogP contribution in [0.5, 0.6) is 0 Å². The van der Waals surface area contributed by atoms with E-state index in [-0.39, 0.29) is 0 Å². The summed E-state index contributed by atoms with van der Waals surface area (Å²) in [5, 5.41) is 23.8. The van der Waals surface area contributed by atoms with E-state index in [1.807, 2.05) is 60.7 Å². The summed E-state index contributed by atoms with van der Waals surface area (Å²) in [6, 6.07) is 49.8. The van der Waals surface area contributed by atoms with Gasteiger partial charge < -0.3 is 0 Å². The molecule has 0 spiro atoms. The topological polar surface area (TPSA) is 64.5 Å². The summed E-state index contributed by atoms with van der Waals surface area (Å²) in [6.45, 7) is 0. The molecule has 0 bridgehead atoms. The van der Waals surface area contributed by atoms with Crippen LogP contribution < -0.4 is 11.0 Å². The molecule has 0 saturated heterocycles. The Balaban J connectivity index is 1.49. The van der Waals surface area contributed by atoms with Crippen molar-refractivity contribution in [3.8, 4) is 44.5 Å². The van der Waals surface area contributed by atoms with Crippen molar-refractivity contribution in [2.24, 2.45) is 0 Å². The number of hydrogen-bond donors (Lipinski definition) is 4. The van der Waals surface area contributed by atoms with Crippen LogP contribution in [-0.2, 0) is 0 Å². The fourth-order valence-corrected chi connectivity index (χ4v) is 5.91. The second-order valence-electron chi connectivity index (χ2n) is 10.4. The predicted octanol–water partition coefficient (Wildman–Crippen LogP) is 10.3. The van der Waals surface area contributed by atoms with Gasteiger partial charge in [-0.25, -0.2) is 0 Å². The van der Waals surface area contributed by atoms with Gasteiger partial charge in [-0.15, -0.1) is 0 Å². The Bertz CT molecular complexity index is 1870. The second-order valence-corrected chi connectivity index (χ2v) is 10.4. The predicted molar refractivity (Wildman–Crippen MR) is 174 cm³/mol. The molecular weight excluding hydrogens is 516 g/mol. The quantitative estimate of drug-likeness (QED) is 0.124. The highest BCUT2D eigenvalue weighted by Crippen LogP contribution is 2.45. The maximum Gasteiger partial charge on any atom is 0.0608 e. The SMILES string of the molecule is ONc1ccc2c(-c3ccc(-c4ccccc4)cc3)c3cc(NO)ccc3c(-c3ccc(-c4ccccc4)cc3)c2c1. The average molecular weight is 545 g/mol. The number of hydrogen-bond acceptors (Lipinski definition) is 4. The molecule has 7 aromatic carbocycles. The molecule has 0 fully saturated rings. The van der Waals surface area contributed by atoms with Gasteiger partial charge >= 0.3 is 0 Å². The minimum atomic E-state index is 0.614. The third kappa shape index (κ3) is 4.55. The van der Waals surface area contributed by atoms with Crippen molar-refractivity contribution >= 4 is 32.9 Å². The van der Waals surface area contributed by atoms with Crippen LogP contribution in [0.2, 0.25) is 0 Å². The van der Waals surface area contributed by atoms with Gasteiger partial charge in [-0.1, -0.05) is 121 Å². The molecule has 0 aliphatic rings. The Kier molecular flexibility index (Phi) is 6.61. The molecule has 0 atom stereocenters. The lowest BCUT2D eigenvalue weighted by Crippen LogP contribution is -1.95. The molecule has 0 aliphatic heterocycles. The summed E-state index contributed by atoms with van der Waals surface area (Å²) in [5.74, 6) is 0. The smallest absolute Gasteiger partial charge is 0.0608 e. The van der Waals surface area contributed by atoms with E-state index in [9.17, 15) is 10.4 Å². The van der Waals surface area contributed by atoms with Crippen molar-refractivity contribution in [3.63, 3.8) is 0 Å². The highest BCUT2D eigenvalue weighted by molar-refractivity contribution is 6.22. The zero-order valence-corrected chi connectivity index (χ0v) is 22.8. The van der Waals surface area contributed by atoms with Crippen molar-refractivity contribution in [2.75, 3.05) is 11.0 Å². The number of nitrogens with one attached hydrogen (secondary N) is 2. The van der Waals surface area contributed by atoms with Gasteiger partial charge in [0.05, 0.1) is 11.4 Å². The minimum Gasteiger partial charge on any atom is -0.291 e. The Morgan fingerprint density at radius 2 is 0.643 bits per heavy atom. The van der Waals surface area contributed by atoms with E-state index in [1.54, 1.807) is 0 Å². The van der Waals surface area contributed by atoms with E-state index in [2.05, 4.69) is 95.9 Å². The minimum absolute atomic E-state index is 0.614. The molecule has 7 aromatic rings. The summed E-state index contributed by atoms with van der Waals surface area (Å²) in [5.41, 5.74) is 14.8. The van der Waals surface area contributed by atoms with Gasteiger partial charge in [-0.2, -0.15) is 0 Å². The third-order valence-corrected chi connectivity index (χ3v) is 7.94. The second kappa shape index (κ2) is 10.9. The van der Waals surface area contributed by atoms with Gasteiger partial charge in [0.25, 0.3) is 0 Å². The number of anilines is 2. The van der Waals surface area contributed by atoms with Crippen molar-refractivity contribution in [1.82, 2.24) is 0 Å². The first-order chi connectivity index (χ1) is 20.7. The van der Waals surface area contributed by atoms with Crippen molar-refractivity contribution in [1.29, 1.82) is 0 Å². The number of benzene rings is 7. The lowest BCUT2D eigenvalue weighted by atomic mass is 9.85. The van der Waals surface area contributed by atoms with Gasteiger partial charge in [0.15, 0.2) is 0 Å². The van der Waals surface area contributed by atoms with Crippen LogP contribution >= 0.6 is 0 Å². The summed E-state index contributed by atoms with van der Waals surface area (Å²) in [6.07, 6.45) is 0. The normalized spacial score (nSPS) is 11.1. The third-order valence-electron chi connectivity index (χ3n) is 7.94. The molecule has 0 amide bonds. The fourth-order valence-electron chi connectivity index (χ4n) is 5.91. The lowest BCUT2D eigenvalue weighted by Gasteiger charge is -2.19. The zero-order chi connectivity index (χ0) is 28.5. The maximum atomic E-state index is 9.84. The van der Waals surface area contributed by atoms with Gasteiger partial charge in [-0.3, -0.25) is 21.4 Å². The molecule has 0 heterocycles. The van der Waals surface area contributed by atoms with E-state index < -0.39 is 0 Å². The van der Waals surface area contributed by atoms with E-state index in [1.165, 1.54) is 11.1 Å². The molecule has 0 unspecified atom stereocenters. The molecule has 4 nitrogen and oxygen atoms in total. The van der Waals surface area contributed by atoms with Crippen LogP contribution in [0.4, 0.5) is 11.4 Å². The first-order valence-corrected chi connectivity index (χ1v) is 13.9. The Labute approximate surface area is 244 Å². The molecule has 0 saturated carbocycles. The summed E-state index contributed by atoms with van der Waals surface area (Å²) >= 11 is 0. The van der Waals surface area contributed by atoms with Crippen molar-refractivity contribution in [2.45, 2.75) is 0 Å². The van der Waals surface area contributed by atoms with Crippen molar-refractivity contribution < 1.29 is 10.4 Å². The summed E-state index contributed by atoms with van der Waals surface area (Å²) in [7, 11) is 0. The van der Waals surface area contributed by atoms with E-state index in [0.717, 1.165) is 54.9 Å².